The van der Waals surface area contributed by atoms with E-state index in [9.17, 15) is 9.59 Å². The Labute approximate surface area is 165 Å². The third-order valence-electron chi connectivity index (χ3n) is 4.53. The lowest BCUT2D eigenvalue weighted by molar-refractivity contribution is -0.117. The largest absolute Gasteiger partial charge is 0.326 e. The molecular formula is C23H23N3O2. The lowest BCUT2D eigenvalue weighted by atomic mass is 10.1. The van der Waals surface area contributed by atoms with Crippen molar-refractivity contribution in [2.45, 2.75) is 6.54 Å². The van der Waals surface area contributed by atoms with E-state index < -0.39 is 0 Å². The molecule has 142 valence electrons. The fourth-order valence-electron chi connectivity index (χ4n) is 2.91. The molecule has 3 aromatic rings. The van der Waals surface area contributed by atoms with Crippen LogP contribution in [0.5, 0.6) is 0 Å². The van der Waals surface area contributed by atoms with Crippen molar-refractivity contribution >= 4 is 23.2 Å². The topological polar surface area (TPSA) is 66.6 Å². The second-order valence-electron chi connectivity index (χ2n) is 6.42. The molecule has 0 atom stereocenters. The van der Waals surface area contributed by atoms with Gasteiger partial charge >= 0.3 is 0 Å². The molecule has 0 aliphatic carbocycles. The van der Waals surface area contributed by atoms with Gasteiger partial charge in [-0.2, -0.15) is 0 Å². The second kappa shape index (κ2) is 8.97. The van der Waals surface area contributed by atoms with Crippen molar-refractivity contribution in [3.8, 4) is 0 Å². The van der Waals surface area contributed by atoms with Gasteiger partial charge in [-0.1, -0.05) is 48.5 Å². The maximum Gasteiger partial charge on any atom is 0.258 e. The molecule has 0 aromatic heterocycles. The minimum atomic E-state index is -0.240. The first-order chi connectivity index (χ1) is 13.6. The number of nitrogens with zero attached hydrogens (tertiary/aromatic N) is 2. The van der Waals surface area contributed by atoms with Crippen LogP contribution < -0.4 is 15.5 Å². The number of benzene rings is 3. The molecule has 0 aliphatic rings. The Morgan fingerprint density at radius 2 is 1.43 bits per heavy atom. The fraction of sp³-hybridized carbons (Fsp3) is 0.130. The predicted octanol–water partition coefficient (Wildman–Crippen LogP) is 3.46. The molecule has 0 saturated heterocycles. The Morgan fingerprint density at radius 1 is 0.821 bits per heavy atom. The van der Waals surface area contributed by atoms with E-state index in [2.05, 4.69) is 0 Å². The molecule has 0 aliphatic heterocycles. The van der Waals surface area contributed by atoms with Gasteiger partial charge < -0.3 is 10.6 Å². The molecule has 0 bridgehead atoms. The van der Waals surface area contributed by atoms with Crippen LogP contribution in [0.25, 0.3) is 0 Å². The van der Waals surface area contributed by atoms with E-state index >= 15 is 0 Å². The van der Waals surface area contributed by atoms with E-state index in [-0.39, 0.29) is 18.4 Å². The molecule has 0 spiro atoms. The molecule has 2 amide bonds. The summed E-state index contributed by atoms with van der Waals surface area (Å²) in [5.41, 5.74) is 8.52. The van der Waals surface area contributed by atoms with E-state index in [1.54, 1.807) is 30.1 Å². The smallest absolute Gasteiger partial charge is 0.258 e. The third kappa shape index (κ3) is 4.45. The molecule has 5 nitrogen and oxygen atoms in total. The van der Waals surface area contributed by atoms with E-state index in [0.29, 0.717) is 17.8 Å². The first-order valence-corrected chi connectivity index (χ1v) is 9.07. The Morgan fingerprint density at radius 3 is 2.04 bits per heavy atom. The number of para-hydroxylation sites is 2. The van der Waals surface area contributed by atoms with Crippen LogP contribution in [-0.4, -0.2) is 25.4 Å². The highest BCUT2D eigenvalue weighted by molar-refractivity contribution is 6.10. The number of hydrogen-bond donors (Lipinski definition) is 1. The molecule has 0 saturated carbocycles. The zero-order valence-electron chi connectivity index (χ0n) is 15.8. The lowest BCUT2D eigenvalue weighted by Crippen LogP contribution is -2.41. The maximum absolute atomic E-state index is 13.2. The summed E-state index contributed by atoms with van der Waals surface area (Å²) in [6.45, 7) is 0.281. The Bertz CT molecular complexity index is 942. The molecule has 3 aromatic carbocycles. The van der Waals surface area contributed by atoms with Crippen LogP contribution >= 0.6 is 0 Å². The average Bonchev–Trinajstić information content (AvgIpc) is 2.77. The van der Waals surface area contributed by atoms with Crippen LogP contribution in [0, 0.1) is 0 Å². The highest BCUT2D eigenvalue weighted by Crippen LogP contribution is 2.19. The van der Waals surface area contributed by atoms with Crippen LogP contribution in [0.15, 0.2) is 84.9 Å². The zero-order chi connectivity index (χ0) is 19.9. The van der Waals surface area contributed by atoms with Gasteiger partial charge in [0.15, 0.2) is 0 Å². The van der Waals surface area contributed by atoms with Crippen molar-refractivity contribution in [2.24, 2.45) is 5.73 Å². The summed E-state index contributed by atoms with van der Waals surface area (Å²) >= 11 is 0. The van der Waals surface area contributed by atoms with Gasteiger partial charge in [-0.15, -0.1) is 0 Å². The molecule has 3 rings (SSSR count). The van der Waals surface area contributed by atoms with Crippen molar-refractivity contribution in [2.75, 3.05) is 23.4 Å². The first-order valence-electron chi connectivity index (χ1n) is 9.07. The van der Waals surface area contributed by atoms with Crippen molar-refractivity contribution in [3.05, 3.63) is 96.1 Å². The summed E-state index contributed by atoms with van der Waals surface area (Å²) in [6, 6.07) is 25.7. The minimum Gasteiger partial charge on any atom is -0.326 e. The summed E-state index contributed by atoms with van der Waals surface area (Å²) in [5, 5.41) is 0. The molecule has 28 heavy (non-hydrogen) atoms. The Hall–Kier alpha value is -3.44. The van der Waals surface area contributed by atoms with Gasteiger partial charge in [0, 0.05) is 30.5 Å². The standard InChI is InChI=1S/C23H23N3O2/c1-25(20-11-4-2-5-12-20)22(27)17-26(21-13-6-3-7-14-21)23(28)19-10-8-9-18(15-19)16-24/h2-15H,16-17,24H2,1H3. The molecule has 5 heteroatoms. The molecule has 0 heterocycles. The minimum absolute atomic E-state index is 0.0684. The lowest BCUT2D eigenvalue weighted by Gasteiger charge is -2.26. The van der Waals surface area contributed by atoms with E-state index in [1.807, 2.05) is 66.7 Å². The molecule has 0 fully saturated rings. The average molecular weight is 373 g/mol. The molecule has 0 radical (unpaired) electrons. The van der Waals surface area contributed by atoms with Gasteiger partial charge in [0.25, 0.3) is 5.91 Å². The number of anilines is 2. The number of nitrogens with two attached hydrogens (primary N) is 1. The fourth-order valence-corrected chi connectivity index (χ4v) is 2.91. The first kappa shape index (κ1) is 19.3. The number of amides is 2. The molecule has 2 N–H and O–H groups in total. The third-order valence-corrected chi connectivity index (χ3v) is 4.53. The summed E-state index contributed by atoms with van der Waals surface area (Å²) < 4.78 is 0. The zero-order valence-corrected chi connectivity index (χ0v) is 15.8. The number of rotatable bonds is 6. The number of carbonyl (C=O) groups is 2. The molecule has 0 unspecified atom stereocenters. The number of likely N-dealkylation sites (N-methyl/N-ethyl adjacent to an activating group) is 1. The highest BCUT2D eigenvalue weighted by atomic mass is 16.2. The number of hydrogen-bond acceptors (Lipinski definition) is 3. The van der Waals surface area contributed by atoms with Crippen LogP contribution in [-0.2, 0) is 11.3 Å². The van der Waals surface area contributed by atoms with Crippen LogP contribution in [0.2, 0.25) is 0 Å². The van der Waals surface area contributed by atoms with Gasteiger partial charge in [0.2, 0.25) is 5.91 Å². The van der Waals surface area contributed by atoms with Gasteiger partial charge in [-0.25, -0.2) is 0 Å². The van der Waals surface area contributed by atoms with E-state index in [4.69, 9.17) is 5.73 Å². The van der Waals surface area contributed by atoms with Crippen LogP contribution in [0.4, 0.5) is 11.4 Å². The summed E-state index contributed by atoms with van der Waals surface area (Å²) in [4.78, 5) is 29.2. The van der Waals surface area contributed by atoms with Crippen molar-refractivity contribution in [3.63, 3.8) is 0 Å². The normalized spacial score (nSPS) is 10.4. The Balaban J connectivity index is 1.89. The van der Waals surface area contributed by atoms with Crippen molar-refractivity contribution in [1.29, 1.82) is 0 Å². The SMILES string of the molecule is CN(C(=O)CN(C(=O)c1cccc(CN)c1)c1ccccc1)c1ccccc1. The van der Waals surface area contributed by atoms with E-state index in [0.717, 1.165) is 11.3 Å². The maximum atomic E-state index is 13.2. The number of carbonyl (C=O) groups excluding carboxylic acids is 2. The van der Waals surface area contributed by atoms with Crippen LogP contribution in [0.1, 0.15) is 15.9 Å². The second-order valence-corrected chi connectivity index (χ2v) is 6.42. The quantitative estimate of drug-likeness (QED) is 0.720. The summed E-state index contributed by atoms with van der Waals surface area (Å²) in [6.07, 6.45) is 0. The Kier molecular flexibility index (Phi) is 6.19. The highest BCUT2D eigenvalue weighted by Gasteiger charge is 2.23. The molecular weight excluding hydrogens is 350 g/mol. The van der Waals surface area contributed by atoms with Crippen molar-refractivity contribution < 1.29 is 9.59 Å². The summed E-state index contributed by atoms with van der Waals surface area (Å²) in [7, 11) is 1.71. The predicted molar refractivity (Wildman–Crippen MR) is 112 cm³/mol. The van der Waals surface area contributed by atoms with Crippen molar-refractivity contribution in [1.82, 2.24) is 0 Å². The van der Waals surface area contributed by atoms with Gasteiger partial charge in [0.1, 0.15) is 6.54 Å². The summed E-state index contributed by atoms with van der Waals surface area (Å²) in [5.74, 6) is -0.422. The monoisotopic (exact) mass is 373 g/mol. The van der Waals surface area contributed by atoms with Gasteiger partial charge in [-0.05, 0) is 42.0 Å². The van der Waals surface area contributed by atoms with Gasteiger partial charge in [-0.3, -0.25) is 14.5 Å². The van der Waals surface area contributed by atoms with Gasteiger partial charge in [0.05, 0.1) is 0 Å². The van der Waals surface area contributed by atoms with Crippen LogP contribution in [0.3, 0.4) is 0 Å². The van der Waals surface area contributed by atoms with E-state index in [1.165, 1.54) is 4.90 Å².